The van der Waals surface area contributed by atoms with Gasteiger partial charge in [-0.2, -0.15) is 0 Å². The SMILES string of the molecule is CCOc1ccc(C(C)NC(=S)Nc2cccnc2)cc1OCC. The van der Waals surface area contributed by atoms with Crippen LogP contribution in [-0.4, -0.2) is 23.3 Å². The van der Waals surface area contributed by atoms with Crippen molar-refractivity contribution in [1.29, 1.82) is 0 Å². The summed E-state index contributed by atoms with van der Waals surface area (Å²) in [5.74, 6) is 1.50. The summed E-state index contributed by atoms with van der Waals surface area (Å²) in [7, 11) is 0. The van der Waals surface area contributed by atoms with Crippen LogP contribution in [0.25, 0.3) is 0 Å². The van der Waals surface area contributed by atoms with Crippen LogP contribution in [0.1, 0.15) is 32.4 Å². The zero-order chi connectivity index (χ0) is 17.4. The molecule has 128 valence electrons. The minimum absolute atomic E-state index is 0.0246. The van der Waals surface area contributed by atoms with E-state index in [0.29, 0.717) is 18.3 Å². The van der Waals surface area contributed by atoms with E-state index in [2.05, 4.69) is 15.6 Å². The van der Waals surface area contributed by atoms with Gasteiger partial charge in [-0.15, -0.1) is 0 Å². The first kappa shape index (κ1) is 18.0. The lowest BCUT2D eigenvalue weighted by atomic mass is 10.1. The van der Waals surface area contributed by atoms with Gasteiger partial charge in [0.2, 0.25) is 0 Å². The first-order valence-corrected chi connectivity index (χ1v) is 8.42. The predicted molar refractivity (Wildman–Crippen MR) is 101 cm³/mol. The molecule has 24 heavy (non-hydrogen) atoms. The second-order valence-electron chi connectivity index (χ2n) is 5.13. The largest absolute Gasteiger partial charge is 0.490 e. The van der Waals surface area contributed by atoms with Gasteiger partial charge in [0.1, 0.15) is 0 Å². The molecule has 1 atom stereocenters. The highest BCUT2D eigenvalue weighted by Gasteiger charge is 2.12. The summed E-state index contributed by atoms with van der Waals surface area (Å²) in [4.78, 5) is 4.05. The van der Waals surface area contributed by atoms with Crippen LogP contribution in [0.2, 0.25) is 0 Å². The molecule has 2 rings (SSSR count). The van der Waals surface area contributed by atoms with Crippen LogP contribution in [0, 0.1) is 0 Å². The van der Waals surface area contributed by atoms with Crippen LogP contribution in [0.5, 0.6) is 11.5 Å². The Kier molecular flexibility index (Phi) is 6.81. The molecule has 0 spiro atoms. The van der Waals surface area contributed by atoms with E-state index < -0.39 is 0 Å². The van der Waals surface area contributed by atoms with Gasteiger partial charge in [-0.3, -0.25) is 4.98 Å². The fourth-order valence-electron chi connectivity index (χ4n) is 2.22. The number of thiocarbonyl (C=S) groups is 1. The monoisotopic (exact) mass is 345 g/mol. The molecule has 0 amide bonds. The number of nitrogens with zero attached hydrogens (tertiary/aromatic N) is 1. The van der Waals surface area contributed by atoms with Gasteiger partial charge in [0.25, 0.3) is 0 Å². The van der Waals surface area contributed by atoms with Gasteiger partial charge in [0.05, 0.1) is 31.1 Å². The number of ether oxygens (including phenoxy) is 2. The topological polar surface area (TPSA) is 55.4 Å². The van der Waals surface area contributed by atoms with Gasteiger partial charge >= 0.3 is 0 Å². The van der Waals surface area contributed by atoms with Crippen molar-refractivity contribution in [2.75, 3.05) is 18.5 Å². The number of benzene rings is 1. The van der Waals surface area contributed by atoms with E-state index in [9.17, 15) is 0 Å². The predicted octanol–water partition coefficient (Wildman–Crippen LogP) is 3.93. The fourth-order valence-corrected chi connectivity index (χ4v) is 2.52. The molecule has 0 aliphatic rings. The number of anilines is 1. The standard InChI is InChI=1S/C18H23N3O2S/c1-4-22-16-9-8-14(11-17(16)23-5-2)13(3)20-18(24)21-15-7-6-10-19-12-15/h6-13H,4-5H2,1-3H3,(H2,20,21,24). The molecule has 0 bridgehead atoms. The molecule has 2 aromatic rings. The molecule has 1 aromatic carbocycles. The normalized spacial score (nSPS) is 11.5. The number of nitrogens with one attached hydrogen (secondary N) is 2. The number of hydrogen-bond acceptors (Lipinski definition) is 4. The van der Waals surface area contributed by atoms with E-state index in [1.165, 1.54) is 0 Å². The van der Waals surface area contributed by atoms with Gasteiger partial charge in [0.15, 0.2) is 16.6 Å². The van der Waals surface area contributed by atoms with E-state index in [-0.39, 0.29) is 6.04 Å². The first-order chi connectivity index (χ1) is 11.6. The molecule has 0 fully saturated rings. The Morgan fingerprint density at radius 2 is 1.92 bits per heavy atom. The summed E-state index contributed by atoms with van der Waals surface area (Å²) in [6.45, 7) is 7.15. The van der Waals surface area contributed by atoms with Gasteiger partial charge in [-0.05, 0) is 62.8 Å². The van der Waals surface area contributed by atoms with Gasteiger partial charge in [-0.25, -0.2) is 0 Å². The average Bonchev–Trinajstić information content (AvgIpc) is 2.57. The molecule has 2 N–H and O–H groups in total. The Balaban J connectivity index is 2.04. The highest BCUT2D eigenvalue weighted by atomic mass is 32.1. The van der Waals surface area contributed by atoms with E-state index in [1.54, 1.807) is 12.4 Å². The molecule has 0 aliphatic heterocycles. The van der Waals surface area contributed by atoms with Crippen molar-refractivity contribution in [2.45, 2.75) is 26.8 Å². The van der Waals surface area contributed by atoms with Crippen molar-refractivity contribution >= 4 is 23.0 Å². The van der Waals surface area contributed by atoms with E-state index in [4.69, 9.17) is 21.7 Å². The van der Waals surface area contributed by atoms with Crippen LogP contribution < -0.4 is 20.1 Å². The van der Waals surface area contributed by atoms with Gasteiger partial charge < -0.3 is 20.1 Å². The average molecular weight is 345 g/mol. The van der Waals surface area contributed by atoms with Crippen LogP contribution >= 0.6 is 12.2 Å². The second kappa shape index (κ2) is 9.08. The molecular weight excluding hydrogens is 322 g/mol. The Morgan fingerprint density at radius 3 is 2.58 bits per heavy atom. The maximum atomic E-state index is 5.67. The van der Waals surface area contributed by atoms with Crippen molar-refractivity contribution < 1.29 is 9.47 Å². The summed E-state index contributed by atoms with van der Waals surface area (Å²) in [5.41, 5.74) is 1.92. The highest BCUT2D eigenvalue weighted by Crippen LogP contribution is 2.30. The molecule has 0 saturated heterocycles. The van der Waals surface area contributed by atoms with Gasteiger partial charge in [-0.1, -0.05) is 6.07 Å². The Labute approximate surface area is 148 Å². The molecule has 6 heteroatoms. The summed E-state index contributed by atoms with van der Waals surface area (Å²) >= 11 is 5.36. The molecule has 0 radical (unpaired) electrons. The molecule has 1 heterocycles. The number of pyridine rings is 1. The van der Waals surface area contributed by atoms with Crippen LogP contribution in [0.3, 0.4) is 0 Å². The lowest BCUT2D eigenvalue weighted by Crippen LogP contribution is -2.30. The summed E-state index contributed by atoms with van der Waals surface area (Å²) < 4.78 is 11.3. The van der Waals surface area contributed by atoms with Crippen molar-refractivity contribution in [3.05, 3.63) is 48.3 Å². The van der Waals surface area contributed by atoms with Crippen LogP contribution in [0.4, 0.5) is 5.69 Å². The summed E-state index contributed by atoms with van der Waals surface area (Å²) in [6.07, 6.45) is 3.45. The Hall–Kier alpha value is -2.34. The van der Waals surface area contributed by atoms with E-state index in [0.717, 1.165) is 22.7 Å². The Bertz CT molecular complexity index is 665. The molecular formula is C18H23N3O2S. The lowest BCUT2D eigenvalue weighted by Gasteiger charge is -2.19. The highest BCUT2D eigenvalue weighted by molar-refractivity contribution is 7.80. The quantitative estimate of drug-likeness (QED) is 0.742. The molecule has 0 saturated carbocycles. The number of rotatable bonds is 7. The summed E-state index contributed by atoms with van der Waals surface area (Å²) in [5, 5.41) is 6.92. The van der Waals surface area contributed by atoms with Crippen LogP contribution in [0.15, 0.2) is 42.7 Å². The summed E-state index contributed by atoms with van der Waals surface area (Å²) in [6, 6.07) is 9.72. The van der Waals surface area contributed by atoms with Crippen molar-refractivity contribution in [1.82, 2.24) is 10.3 Å². The lowest BCUT2D eigenvalue weighted by molar-refractivity contribution is 0.287. The fraction of sp³-hybridized carbons (Fsp3) is 0.333. The molecule has 1 aromatic heterocycles. The van der Waals surface area contributed by atoms with Gasteiger partial charge in [0, 0.05) is 6.20 Å². The molecule has 1 unspecified atom stereocenters. The van der Waals surface area contributed by atoms with E-state index in [1.807, 2.05) is 51.1 Å². The Morgan fingerprint density at radius 1 is 1.17 bits per heavy atom. The zero-order valence-electron chi connectivity index (χ0n) is 14.2. The van der Waals surface area contributed by atoms with Crippen molar-refractivity contribution in [3.63, 3.8) is 0 Å². The minimum atomic E-state index is 0.0246. The van der Waals surface area contributed by atoms with E-state index >= 15 is 0 Å². The molecule has 5 nitrogen and oxygen atoms in total. The third kappa shape index (κ3) is 5.09. The molecule has 0 aliphatic carbocycles. The van der Waals surface area contributed by atoms with Crippen LogP contribution in [-0.2, 0) is 0 Å². The van der Waals surface area contributed by atoms with Crippen molar-refractivity contribution in [2.24, 2.45) is 0 Å². The zero-order valence-corrected chi connectivity index (χ0v) is 15.0. The minimum Gasteiger partial charge on any atom is -0.490 e. The first-order valence-electron chi connectivity index (χ1n) is 8.01. The number of aromatic nitrogens is 1. The maximum absolute atomic E-state index is 5.67. The third-order valence-corrected chi connectivity index (χ3v) is 3.55. The van der Waals surface area contributed by atoms with Crippen molar-refractivity contribution in [3.8, 4) is 11.5 Å². The second-order valence-corrected chi connectivity index (χ2v) is 5.54. The smallest absolute Gasteiger partial charge is 0.171 e. The maximum Gasteiger partial charge on any atom is 0.171 e. The number of hydrogen-bond donors (Lipinski definition) is 2. The third-order valence-electron chi connectivity index (χ3n) is 3.33.